The molecule has 5 heteroatoms. The van der Waals surface area contributed by atoms with Crippen LogP contribution in [0.2, 0.25) is 0 Å². The molecule has 3 rings (SSSR count). The lowest BCUT2D eigenvalue weighted by Crippen LogP contribution is -2.55. The zero-order valence-corrected chi connectivity index (χ0v) is 15.9. The van der Waals surface area contributed by atoms with Crippen LogP contribution < -0.4 is 5.32 Å². The van der Waals surface area contributed by atoms with Crippen LogP contribution in [-0.4, -0.2) is 53.9 Å². The van der Waals surface area contributed by atoms with Gasteiger partial charge >= 0.3 is 0 Å². The molecule has 3 atom stereocenters. The predicted octanol–water partition coefficient (Wildman–Crippen LogP) is 3.59. The quantitative estimate of drug-likeness (QED) is 0.842. The maximum Gasteiger partial charge on any atom is 0.239 e. The Labute approximate surface area is 151 Å². The maximum atomic E-state index is 14.4. The van der Waals surface area contributed by atoms with Gasteiger partial charge in [-0.1, -0.05) is 32.1 Å². The van der Waals surface area contributed by atoms with Crippen molar-refractivity contribution in [3.8, 4) is 0 Å². The molecule has 2 aliphatic heterocycles. The van der Waals surface area contributed by atoms with Gasteiger partial charge < -0.3 is 15.0 Å². The van der Waals surface area contributed by atoms with Gasteiger partial charge in [-0.05, 0) is 46.0 Å². The number of nitrogens with zero attached hydrogens (tertiary/aromatic N) is 1. The van der Waals surface area contributed by atoms with Crippen molar-refractivity contribution in [2.75, 3.05) is 13.1 Å². The van der Waals surface area contributed by atoms with Gasteiger partial charge in [0.2, 0.25) is 5.91 Å². The normalized spacial score (nSPS) is 33.4. The van der Waals surface area contributed by atoms with E-state index in [0.717, 1.165) is 12.8 Å². The molecule has 1 spiro atoms. The van der Waals surface area contributed by atoms with E-state index in [4.69, 9.17) is 4.74 Å². The number of halogens is 1. The Morgan fingerprint density at radius 3 is 2.44 bits per heavy atom. The lowest BCUT2D eigenvalue weighted by atomic mass is 9.83. The molecule has 0 aromatic heterocycles. The summed E-state index contributed by atoms with van der Waals surface area (Å²) in [5, 5.41) is 3.68. The highest BCUT2D eigenvalue weighted by Gasteiger charge is 2.43. The summed E-state index contributed by atoms with van der Waals surface area (Å²) in [4.78, 5) is 14.6. The van der Waals surface area contributed by atoms with E-state index in [1.165, 1.54) is 44.9 Å². The molecule has 1 unspecified atom stereocenters. The number of nitrogens with one attached hydrogen (secondary N) is 1. The Bertz CT molecular complexity index is 449. The summed E-state index contributed by atoms with van der Waals surface area (Å²) in [7, 11) is 0. The summed E-state index contributed by atoms with van der Waals surface area (Å²) in [6.07, 6.45) is 10.1. The Balaban J connectivity index is 1.53. The van der Waals surface area contributed by atoms with Crippen molar-refractivity contribution in [3.05, 3.63) is 0 Å². The average molecular weight is 355 g/mol. The smallest absolute Gasteiger partial charge is 0.239 e. The number of hydrogen-bond acceptors (Lipinski definition) is 3. The van der Waals surface area contributed by atoms with Crippen molar-refractivity contribution in [2.45, 2.75) is 108 Å². The molecule has 0 radical (unpaired) electrons. The summed E-state index contributed by atoms with van der Waals surface area (Å²) < 4.78 is 20.1. The first-order valence-corrected chi connectivity index (χ1v) is 10.4. The number of amides is 1. The summed E-state index contributed by atoms with van der Waals surface area (Å²) in [6.45, 7) is 4.66. The molecule has 0 aromatic rings. The lowest BCUT2D eigenvalue weighted by molar-refractivity contribution is -0.140. The first kappa shape index (κ1) is 19.1. The first-order chi connectivity index (χ1) is 12.0. The van der Waals surface area contributed by atoms with Gasteiger partial charge in [0.1, 0.15) is 6.17 Å². The third-order valence-corrected chi connectivity index (χ3v) is 6.24. The van der Waals surface area contributed by atoms with Crippen LogP contribution in [0, 0.1) is 0 Å². The standard InChI is InChI=1S/C20H35FN2O2/c1-15(2)25-18-9-13-23(14-16(18)21)19(24)17-8-12-20(22-17)10-6-4-3-5-7-11-20/h15-18,22H,3-14H2,1-2H3/t16-,17?,18+/m1/s1. The fourth-order valence-corrected chi connectivity index (χ4v) is 4.90. The van der Waals surface area contributed by atoms with Crippen molar-refractivity contribution in [2.24, 2.45) is 0 Å². The number of carbonyl (C=O) groups excluding carboxylic acids is 1. The number of hydrogen-bond donors (Lipinski definition) is 1. The SMILES string of the molecule is CC(C)O[C@H]1CCN(C(=O)C2CCC3(CCCCCCC3)N2)C[C@H]1F. The Hall–Kier alpha value is -0.680. The highest BCUT2D eigenvalue weighted by molar-refractivity contribution is 5.82. The Morgan fingerprint density at radius 1 is 1.12 bits per heavy atom. The van der Waals surface area contributed by atoms with Gasteiger partial charge in [0.05, 0.1) is 24.8 Å². The number of carbonyl (C=O) groups is 1. The lowest BCUT2D eigenvalue weighted by Gasteiger charge is -2.37. The molecule has 1 aliphatic carbocycles. The molecule has 1 saturated carbocycles. The third-order valence-electron chi connectivity index (χ3n) is 6.24. The van der Waals surface area contributed by atoms with Crippen LogP contribution in [0.1, 0.15) is 78.1 Å². The highest BCUT2D eigenvalue weighted by Crippen LogP contribution is 2.36. The molecule has 25 heavy (non-hydrogen) atoms. The molecule has 3 aliphatic rings. The van der Waals surface area contributed by atoms with E-state index in [1.54, 1.807) is 4.90 Å². The molecular weight excluding hydrogens is 319 g/mol. The minimum absolute atomic E-state index is 0.0289. The molecule has 1 amide bonds. The van der Waals surface area contributed by atoms with Crippen LogP contribution in [-0.2, 0) is 9.53 Å². The maximum absolute atomic E-state index is 14.4. The van der Waals surface area contributed by atoms with Gasteiger partial charge in [-0.15, -0.1) is 0 Å². The van der Waals surface area contributed by atoms with Crippen LogP contribution in [0.5, 0.6) is 0 Å². The second-order valence-electron chi connectivity index (χ2n) is 8.60. The van der Waals surface area contributed by atoms with Crippen molar-refractivity contribution >= 4 is 5.91 Å². The molecule has 1 N–H and O–H groups in total. The predicted molar refractivity (Wildman–Crippen MR) is 97.3 cm³/mol. The topological polar surface area (TPSA) is 41.6 Å². The second kappa shape index (κ2) is 8.34. The van der Waals surface area contributed by atoms with Gasteiger partial charge in [0, 0.05) is 12.1 Å². The molecule has 144 valence electrons. The number of ether oxygens (including phenoxy) is 1. The fraction of sp³-hybridized carbons (Fsp3) is 0.950. The van der Waals surface area contributed by atoms with Crippen LogP contribution in [0.25, 0.3) is 0 Å². The Morgan fingerprint density at radius 2 is 1.80 bits per heavy atom. The van der Waals surface area contributed by atoms with E-state index in [1.807, 2.05) is 13.8 Å². The van der Waals surface area contributed by atoms with Gasteiger partial charge in [0.25, 0.3) is 0 Å². The molecule has 3 fully saturated rings. The van der Waals surface area contributed by atoms with E-state index in [9.17, 15) is 9.18 Å². The van der Waals surface area contributed by atoms with E-state index in [0.29, 0.717) is 13.0 Å². The first-order valence-electron chi connectivity index (χ1n) is 10.4. The number of piperidine rings is 1. The molecule has 0 aromatic carbocycles. The number of likely N-dealkylation sites (tertiary alicyclic amines) is 1. The summed E-state index contributed by atoms with van der Waals surface area (Å²) >= 11 is 0. The zero-order valence-electron chi connectivity index (χ0n) is 15.9. The zero-order chi connectivity index (χ0) is 17.9. The molecule has 0 bridgehead atoms. The molecule has 2 saturated heterocycles. The van der Waals surface area contributed by atoms with Crippen LogP contribution in [0.15, 0.2) is 0 Å². The second-order valence-corrected chi connectivity index (χ2v) is 8.60. The van der Waals surface area contributed by atoms with Gasteiger partial charge in [-0.2, -0.15) is 0 Å². The summed E-state index contributed by atoms with van der Waals surface area (Å²) in [5.74, 6) is 0.101. The Kier molecular flexibility index (Phi) is 6.37. The summed E-state index contributed by atoms with van der Waals surface area (Å²) in [5.41, 5.74) is 0.162. The van der Waals surface area contributed by atoms with Crippen molar-refractivity contribution in [1.82, 2.24) is 10.2 Å². The minimum Gasteiger partial charge on any atom is -0.372 e. The molecule has 4 nitrogen and oxygen atoms in total. The van der Waals surface area contributed by atoms with E-state index < -0.39 is 6.17 Å². The minimum atomic E-state index is -1.07. The number of rotatable bonds is 3. The van der Waals surface area contributed by atoms with Gasteiger partial charge in [0.15, 0.2) is 0 Å². The van der Waals surface area contributed by atoms with Crippen molar-refractivity contribution in [3.63, 3.8) is 0 Å². The third kappa shape index (κ3) is 4.73. The monoisotopic (exact) mass is 354 g/mol. The van der Waals surface area contributed by atoms with E-state index in [2.05, 4.69) is 5.32 Å². The fourth-order valence-electron chi connectivity index (χ4n) is 4.90. The van der Waals surface area contributed by atoms with Crippen molar-refractivity contribution in [1.29, 1.82) is 0 Å². The van der Waals surface area contributed by atoms with Gasteiger partial charge in [-0.25, -0.2) is 4.39 Å². The van der Waals surface area contributed by atoms with Crippen LogP contribution in [0.4, 0.5) is 4.39 Å². The van der Waals surface area contributed by atoms with E-state index in [-0.39, 0.29) is 36.2 Å². The van der Waals surface area contributed by atoms with E-state index >= 15 is 0 Å². The van der Waals surface area contributed by atoms with Crippen molar-refractivity contribution < 1.29 is 13.9 Å². The largest absolute Gasteiger partial charge is 0.372 e. The molecule has 2 heterocycles. The average Bonchev–Trinajstić information content (AvgIpc) is 2.97. The summed E-state index contributed by atoms with van der Waals surface area (Å²) in [6, 6.07) is -0.116. The highest BCUT2D eigenvalue weighted by atomic mass is 19.1. The van der Waals surface area contributed by atoms with Gasteiger partial charge in [-0.3, -0.25) is 4.79 Å². The molecular formula is C20H35FN2O2. The number of alkyl halides is 1. The van der Waals surface area contributed by atoms with Crippen LogP contribution >= 0.6 is 0 Å². The van der Waals surface area contributed by atoms with Crippen LogP contribution in [0.3, 0.4) is 0 Å².